The van der Waals surface area contributed by atoms with Gasteiger partial charge in [-0.3, -0.25) is 4.79 Å². The van der Waals surface area contributed by atoms with Crippen LogP contribution in [-0.4, -0.2) is 18.1 Å². The summed E-state index contributed by atoms with van der Waals surface area (Å²) in [7, 11) is 0. The number of ether oxygens (including phenoxy) is 1. The van der Waals surface area contributed by atoms with Crippen LogP contribution >= 0.6 is 0 Å². The molecule has 4 nitrogen and oxygen atoms in total. The largest absolute Gasteiger partial charge is 0.493 e. The van der Waals surface area contributed by atoms with E-state index in [4.69, 9.17) is 16.2 Å². The van der Waals surface area contributed by atoms with E-state index in [1.807, 2.05) is 18.2 Å². The average Bonchev–Trinajstić information content (AvgIpc) is 2.38. The monoisotopic (exact) mass is 264 g/mol. The average molecular weight is 264 g/mol. The lowest BCUT2D eigenvalue weighted by atomic mass is 9.96. The van der Waals surface area contributed by atoms with E-state index >= 15 is 0 Å². The SMILES string of the molecule is CCc1ccccc1OCCCCC(C)(N)C(N)=O. The van der Waals surface area contributed by atoms with E-state index < -0.39 is 11.4 Å². The quantitative estimate of drug-likeness (QED) is 0.705. The summed E-state index contributed by atoms with van der Waals surface area (Å²) in [6.07, 6.45) is 3.22. The van der Waals surface area contributed by atoms with Gasteiger partial charge in [-0.1, -0.05) is 25.1 Å². The molecule has 1 aromatic carbocycles. The van der Waals surface area contributed by atoms with Crippen LogP contribution in [0, 0.1) is 0 Å². The Kier molecular flexibility index (Phi) is 5.83. The molecule has 0 aliphatic rings. The maximum atomic E-state index is 11.1. The lowest BCUT2D eigenvalue weighted by molar-refractivity contribution is -0.122. The van der Waals surface area contributed by atoms with Crippen LogP contribution in [0.15, 0.2) is 24.3 Å². The fourth-order valence-corrected chi connectivity index (χ4v) is 1.84. The first kappa shape index (κ1) is 15.5. The maximum Gasteiger partial charge on any atom is 0.237 e. The second-order valence-corrected chi connectivity index (χ2v) is 5.05. The molecule has 0 radical (unpaired) electrons. The molecule has 4 heteroatoms. The summed E-state index contributed by atoms with van der Waals surface area (Å²) in [5.74, 6) is 0.486. The summed E-state index contributed by atoms with van der Waals surface area (Å²) in [4.78, 5) is 11.1. The molecule has 1 atom stereocenters. The van der Waals surface area contributed by atoms with Gasteiger partial charge in [0.25, 0.3) is 0 Å². The Balaban J connectivity index is 2.30. The second-order valence-electron chi connectivity index (χ2n) is 5.05. The third-order valence-corrected chi connectivity index (χ3v) is 3.26. The van der Waals surface area contributed by atoms with Crippen molar-refractivity contribution in [2.45, 2.75) is 45.1 Å². The third kappa shape index (κ3) is 4.91. The van der Waals surface area contributed by atoms with E-state index in [0.717, 1.165) is 25.0 Å². The number of aryl methyl sites for hydroxylation is 1. The summed E-state index contributed by atoms with van der Waals surface area (Å²) >= 11 is 0. The van der Waals surface area contributed by atoms with Gasteiger partial charge in [0.15, 0.2) is 0 Å². The fraction of sp³-hybridized carbons (Fsp3) is 0.533. The van der Waals surface area contributed by atoms with Gasteiger partial charge in [-0.25, -0.2) is 0 Å². The van der Waals surface area contributed by atoms with Crippen molar-refractivity contribution in [1.29, 1.82) is 0 Å². The van der Waals surface area contributed by atoms with Gasteiger partial charge in [0.2, 0.25) is 5.91 Å². The lowest BCUT2D eigenvalue weighted by Gasteiger charge is -2.20. The summed E-state index contributed by atoms with van der Waals surface area (Å²) in [6.45, 7) is 4.41. The number of hydrogen-bond acceptors (Lipinski definition) is 3. The minimum atomic E-state index is -0.915. The zero-order valence-corrected chi connectivity index (χ0v) is 11.8. The van der Waals surface area contributed by atoms with Gasteiger partial charge in [-0.05, 0) is 44.2 Å². The predicted octanol–water partition coefficient (Wildman–Crippen LogP) is 2.00. The zero-order valence-electron chi connectivity index (χ0n) is 11.8. The molecule has 4 N–H and O–H groups in total. The van der Waals surface area contributed by atoms with E-state index in [1.54, 1.807) is 6.92 Å². The van der Waals surface area contributed by atoms with Crippen LogP contribution < -0.4 is 16.2 Å². The van der Waals surface area contributed by atoms with Crippen LogP contribution in [-0.2, 0) is 11.2 Å². The highest BCUT2D eigenvalue weighted by Crippen LogP contribution is 2.19. The van der Waals surface area contributed by atoms with Crippen LogP contribution in [0.5, 0.6) is 5.75 Å². The summed E-state index contributed by atoms with van der Waals surface area (Å²) in [5, 5.41) is 0. The molecule has 1 unspecified atom stereocenters. The highest BCUT2D eigenvalue weighted by Gasteiger charge is 2.24. The van der Waals surface area contributed by atoms with Crippen LogP contribution in [0.3, 0.4) is 0 Å². The number of carbonyl (C=O) groups excluding carboxylic acids is 1. The Bertz CT molecular complexity index is 416. The molecule has 0 bridgehead atoms. The Morgan fingerprint density at radius 1 is 1.32 bits per heavy atom. The molecule has 1 aromatic rings. The molecule has 0 saturated carbocycles. The number of para-hydroxylation sites is 1. The van der Waals surface area contributed by atoms with Crippen LogP contribution in [0.2, 0.25) is 0 Å². The summed E-state index contributed by atoms with van der Waals surface area (Å²) < 4.78 is 5.75. The van der Waals surface area contributed by atoms with Crippen molar-refractivity contribution in [3.63, 3.8) is 0 Å². The standard InChI is InChI=1S/C15H24N2O2/c1-3-12-8-4-5-9-13(12)19-11-7-6-10-15(2,17)14(16)18/h4-5,8-9H,3,6-7,10-11,17H2,1-2H3,(H2,16,18). The van der Waals surface area contributed by atoms with Crippen molar-refractivity contribution in [3.05, 3.63) is 29.8 Å². The lowest BCUT2D eigenvalue weighted by Crippen LogP contribution is -2.49. The Morgan fingerprint density at radius 3 is 2.63 bits per heavy atom. The molecule has 0 aromatic heterocycles. The minimum absolute atomic E-state index is 0.454. The second kappa shape index (κ2) is 7.14. The molecule has 1 amide bonds. The van der Waals surface area contributed by atoms with Gasteiger partial charge in [-0.2, -0.15) is 0 Å². The van der Waals surface area contributed by atoms with Crippen LogP contribution in [0.25, 0.3) is 0 Å². The van der Waals surface area contributed by atoms with E-state index in [1.165, 1.54) is 5.56 Å². The van der Waals surface area contributed by atoms with Gasteiger partial charge < -0.3 is 16.2 Å². The first-order valence-corrected chi connectivity index (χ1v) is 6.77. The number of carbonyl (C=O) groups is 1. The predicted molar refractivity (Wildman–Crippen MR) is 77.0 cm³/mol. The van der Waals surface area contributed by atoms with Crippen molar-refractivity contribution in [1.82, 2.24) is 0 Å². The summed E-state index contributed by atoms with van der Waals surface area (Å²) in [5.41, 5.74) is 11.3. The molecule has 1 rings (SSSR count). The molecule has 106 valence electrons. The number of nitrogens with two attached hydrogens (primary N) is 2. The van der Waals surface area contributed by atoms with Gasteiger partial charge in [0.1, 0.15) is 5.75 Å². The molecule has 0 aliphatic heterocycles. The van der Waals surface area contributed by atoms with Gasteiger partial charge in [0, 0.05) is 0 Å². The number of benzene rings is 1. The van der Waals surface area contributed by atoms with E-state index in [2.05, 4.69) is 13.0 Å². The molecular formula is C15H24N2O2. The molecule has 0 fully saturated rings. The van der Waals surface area contributed by atoms with Crippen LogP contribution in [0.4, 0.5) is 0 Å². The molecular weight excluding hydrogens is 240 g/mol. The topological polar surface area (TPSA) is 78.3 Å². The van der Waals surface area contributed by atoms with Gasteiger partial charge in [-0.15, -0.1) is 0 Å². The number of amides is 1. The minimum Gasteiger partial charge on any atom is -0.493 e. The highest BCUT2D eigenvalue weighted by molar-refractivity contribution is 5.83. The Hall–Kier alpha value is -1.55. The molecule has 0 spiro atoms. The maximum absolute atomic E-state index is 11.1. The molecule has 0 saturated heterocycles. The number of hydrogen-bond donors (Lipinski definition) is 2. The first-order valence-electron chi connectivity index (χ1n) is 6.77. The number of rotatable bonds is 8. The van der Waals surface area contributed by atoms with Crippen LogP contribution in [0.1, 0.15) is 38.7 Å². The smallest absolute Gasteiger partial charge is 0.237 e. The van der Waals surface area contributed by atoms with E-state index in [-0.39, 0.29) is 0 Å². The Labute approximate surface area is 115 Å². The summed E-state index contributed by atoms with van der Waals surface area (Å²) in [6, 6.07) is 8.03. The number of primary amides is 1. The third-order valence-electron chi connectivity index (χ3n) is 3.26. The van der Waals surface area contributed by atoms with E-state index in [0.29, 0.717) is 13.0 Å². The normalized spacial score (nSPS) is 13.8. The van der Waals surface area contributed by atoms with Crippen molar-refractivity contribution in [3.8, 4) is 5.75 Å². The molecule has 0 heterocycles. The Morgan fingerprint density at radius 2 is 2.00 bits per heavy atom. The van der Waals surface area contributed by atoms with Crippen molar-refractivity contribution in [2.24, 2.45) is 11.5 Å². The van der Waals surface area contributed by atoms with Gasteiger partial charge in [0.05, 0.1) is 12.1 Å². The molecule has 19 heavy (non-hydrogen) atoms. The van der Waals surface area contributed by atoms with Gasteiger partial charge >= 0.3 is 0 Å². The zero-order chi connectivity index (χ0) is 14.3. The number of unbranched alkanes of at least 4 members (excludes halogenated alkanes) is 1. The van der Waals surface area contributed by atoms with Crippen molar-refractivity contribution < 1.29 is 9.53 Å². The van der Waals surface area contributed by atoms with Crippen molar-refractivity contribution >= 4 is 5.91 Å². The van der Waals surface area contributed by atoms with Crippen molar-refractivity contribution in [2.75, 3.05) is 6.61 Å². The van der Waals surface area contributed by atoms with E-state index in [9.17, 15) is 4.79 Å². The highest BCUT2D eigenvalue weighted by atomic mass is 16.5. The fourth-order valence-electron chi connectivity index (χ4n) is 1.84. The first-order chi connectivity index (χ1) is 8.97. The molecule has 0 aliphatic carbocycles.